The summed E-state index contributed by atoms with van der Waals surface area (Å²) in [5.74, 6) is -1.02. The van der Waals surface area contributed by atoms with Gasteiger partial charge in [-0.25, -0.2) is 0 Å². The number of benzene rings is 1. The van der Waals surface area contributed by atoms with Crippen LogP contribution >= 0.6 is 0 Å². The number of para-hydroxylation sites is 1. The third-order valence-corrected chi connectivity index (χ3v) is 4.54. The number of nitrogens with two attached hydrogens (primary N) is 1. The number of fused-ring (bicyclic) bond motifs is 1. The van der Waals surface area contributed by atoms with Crippen molar-refractivity contribution in [3.63, 3.8) is 0 Å². The summed E-state index contributed by atoms with van der Waals surface area (Å²) in [5, 5.41) is 2.81. The van der Waals surface area contributed by atoms with Gasteiger partial charge in [-0.1, -0.05) is 18.2 Å². The second-order valence-corrected chi connectivity index (χ2v) is 5.89. The molecule has 1 atom stereocenters. The van der Waals surface area contributed by atoms with Crippen molar-refractivity contribution in [3.8, 4) is 0 Å². The van der Waals surface area contributed by atoms with E-state index in [1.54, 1.807) is 4.90 Å². The van der Waals surface area contributed by atoms with Crippen LogP contribution in [0.1, 0.15) is 30.7 Å². The van der Waals surface area contributed by atoms with Crippen molar-refractivity contribution in [1.29, 1.82) is 0 Å². The lowest BCUT2D eigenvalue weighted by Gasteiger charge is -2.31. The molecule has 0 radical (unpaired) electrons. The van der Waals surface area contributed by atoms with Gasteiger partial charge in [0.2, 0.25) is 17.7 Å². The highest BCUT2D eigenvalue weighted by molar-refractivity contribution is 6.04. The molecule has 2 aliphatic heterocycles. The van der Waals surface area contributed by atoms with E-state index in [1.807, 2.05) is 24.3 Å². The molecule has 1 unspecified atom stereocenters. The van der Waals surface area contributed by atoms with Gasteiger partial charge in [0.05, 0.1) is 5.92 Å². The topological polar surface area (TPSA) is 92.5 Å². The fourth-order valence-electron chi connectivity index (χ4n) is 3.20. The van der Waals surface area contributed by atoms with Crippen molar-refractivity contribution in [1.82, 2.24) is 4.90 Å². The minimum Gasteiger partial charge on any atom is -0.369 e. The highest BCUT2D eigenvalue weighted by Gasteiger charge is 2.34. The molecule has 2 aliphatic rings. The largest absolute Gasteiger partial charge is 0.369 e. The predicted octanol–water partition coefficient (Wildman–Crippen LogP) is 0.836. The molecule has 2 heterocycles. The number of nitrogens with one attached hydrogen (secondary N) is 1. The van der Waals surface area contributed by atoms with E-state index in [-0.39, 0.29) is 30.1 Å². The van der Waals surface area contributed by atoms with Gasteiger partial charge in [-0.15, -0.1) is 0 Å². The summed E-state index contributed by atoms with van der Waals surface area (Å²) in [7, 11) is 0. The van der Waals surface area contributed by atoms with Gasteiger partial charge in [0.1, 0.15) is 0 Å². The first-order chi connectivity index (χ1) is 10.6. The van der Waals surface area contributed by atoms with Crippen molar-refractivity contribution in [2.24, 2.45) is 11.7 Å². The Balaban J connectivity index is 1.63. The van der Waals surface area contributed by atoms with Crippen LogP contribution in [-0.2, 0) is 14.4 Å². The summed E-state index contributed by atoms with van der Waals surface area (Å²) in [5.41, 5.74) is 6.97. The van der Waals surface area contributed by atoms with Crippen molar-refractivity contribution in [2.75, 3.05) is 18.4 Å². The highest BCUT2D eigenvalue weighted by Crippen LogP contribution is 2.35. The van der Waals surface area contributed by atoms with Crippen LogP contribution in [0.5, 0.6) is 0 Å². The number of carbonyl (C=O) groups excluding carboxylic acids is 3. The third kappa shape index (κ3) is 2.68. The van der Waals surface area contributed by atoms with E-state index >= 15 is 0 Å². The van der Waals surface area contributed by atoms with Gasteiger partial charge < -0.3 is 16.0 Å². The zero-order valence-electron chi connectivity index (χ0n) is 12.2. The van der Waals surface area contributed by atoms with E-state index in [9.17, 15) is 14.4 Å². The number of primary amides is 1. The van der Waals surface area contributed by atoms with Crippen LogP contribution < -0.4 is 11.1 Å². The first kappa shape index (κ1) is 14.6. The molecular weight excluding hydrogens is 282 g/mol. The molecule has 1 aromatic carbocycles. The minimum atomic E-state index is -0.419. The quantitative estimate of drug-likeness (QED) is 0.866. The molecule has 0 aromatic heterocycles. The van der Waals surface area contributed by atoms with Gasteiger partial charge in [0.25, 0.3) is 0 Å². The van der Waals surface area contributed by atoms with Crippen LogP contribution in [-0.4, -0.2) is 35.7 Å². The van der Waals surface area contributed by atoms with Crippen LogP contribution in [0, 0.1) is 5.92 Å². The van der Waals surface area contributed by atoms with E-state index in [0.717, 1.165) is 11.3 Å². The Morgan fingerprint density at radius 3 is 2.59 bits per heavy atom. The van der Waals surface area contributed by atoms with E-state index < -0.39 is 5.92 Å². The number of anilines is 1. The van der Waals surface area contributed by atoms with Gasteiger partial charge >= 0.3 is 0 Å². The number of hydrogen-bond acceptors (Lipinski definition) is 3. The van der Waals surface area contributed by atoms with Gasteiger partial charge in [-0.05, 0) is 24.5 Å². The lowest BCUT2D eigenvalue weighted by Crippen LogP contribution is -2.42. The van der Waals surface area contributed by atoms with E-state index in [0.29, 0.717) is 25.9 Å². The second kappa shape index (κ2) is 5.79. The average molecular weight is 301 g/mol. The first-order valence-electron chi connectivity index (χ1n) is 7.53. The zero-order valence-corrected chi connectivity index (χ0v) is 12.2. The maximum atomic E-state index is 12.4. The molecule has 0 saturated carbocycles. The third-order valence-electron chi connectivity index (χ3n) is 4.54. The summed E-state index contributed by atoms with van der Waals surface area (Å²) in [6.45, 7) is 1.06. The predicted molar refractivity (Wildman–Crippen MR) is 80.9 cm³/mol. The smallest absolute Gasteiger partial charge is 0.232 e. The molecule has 3 N–H and O–H groups in total. The van der Waals surface area contributed by atoms with E-state index in [1.165, 1.54) is 0 Å². The number of hydrogen-bond donors (Lipinski definition) is 2. The number of rotatable bonds is 3. The van der Waals surface area contributed by atoms with Crippen LogP contribution in [0.3, 0.4) is 0 Å². The molecule has 1 fully saturated rings. The molecule has 3 rings (SSSR count). The Hall–Kier alpha value is -2.37. The lowest BCUT2D eigenvalue weighted by atomic mass is 9.93. The standard InChI is InChI=1S/C16H19N3O3/c17-15(21)10-5-7-19(8-6-10)14(20)9-12-11-3-1-2-4-13(11)18-16(12)22/h1-4,10,12H,5-9H2,(H2,17,21)(H,18,22). The molecule has 1 saturated heterocycles. The Morgan fingerprint density at radius 1 is 1.23 bits per heavy atom. The normalized spacial score (nSPS) is 21.4. The Morgan fingerprint density at radius 2 is 1.91 bits per heavy atom. The second-order valence-electron chi connectivity index (χ2n) is 5.89. The summed E-state index contributed by atoms with van der Waals surface area (Å²) < 4.78 is 0. The molecule has 0 bridgehead atoms. The summed E-state index contributed by atoms with van der Waals surface area (Å²) in [6, 6.07) is 7.45. The fourth-order valence-corrected chi connectivity index (χ4v) is 3.20. The van der Waals surface area contributed by atoms with Crippen LogP contribution in [0.4, 0.5) is 5.69 Å². The van der Waals surface area contributed by atoms with E-state index in [4.69, 9.17) is 5.73 Å². The van der Waals surface area contributed by atoms with Gasteiger partial charge in [-0.3, -0.25) is 14.4 Å². The molecule has 22 heavy (non-hydrogen) atoms. The molecule has 6 nitrogen and oxygen atoms in total. The fraction of sp³-hybridized carbons (Fsp3) is 0.438. The Bertz CT molecular complexity index is 621. The SMILES string of the molecule is NC(=O)C1CCN(C(=O)CC2C(=O)Nc3ccccc32)CC1. The first-order valence-corrected chi connectivity index (χ1v) is 7.53. The highest BCUT2D eigenvalue weighted by atomic mass is 16.2. The maximum absolute atomic E-state index is 12.4. The molecule has 116 valence electrons. The molecule has 6 heteroatoms. The number of nitrogens with zero attached hydrogens (tertiary/aromatic N) is 1. The summed E-state index contributed by atoms with van der Waals surface area (Å²) in [4.78, 5) is 37.3. The van der Waals surface area contributed by atoms with E-state index in [2.05, 4.69) is 5.32 Å². The number of carbonyl (C=O) groups is 3. The zero-order chi connectivity index (χ0) is 15.7. The average Bonchev–Trinajstić information content (AvgIpc) is 2.83. The van der Waals surface area contributed by atoms with Crippen molar-refractivity contribution < 1.29 is 14.4 Å². The van der Waals surface area contributed by atoms with Gasteiger partial charge in [-0.2, -0.15) is 0 Å². The van der Waals surface area contributed by atoms with Crippen molar-refractivity contribution in [2.45, 2.75) is 25.2 Å². The minimum absolute atomic E-state index is 0.0419. The van der Waals surface area contributed by atoms with Gasteiger partial charge in [0.15, 0.2) is 0 Å². The molecule has 1 aromatic rings. The van der Waals surface area contributed by atoms with Gasteiger partial charge in [0, 0.05) is 31.1 Å². The number of piperidine rings is 1. The monoisotopic (exact) mass is 301 g/mol. The molecule has 3 amide bonds. The number of amides is 3. The van der Waals surface area contributed by atoms with Crippen LogP contribution in [0.25, 0.3) is 0 Å². The maximum Gasteiger partial charge on any atom is 0.232 e. The molecule has 0 aliphatic carbocycles. The summed E-state index contributed by atoms with van der Waals surface area (Å²) in [6.07, 6.45) is 1.38. The Kier molecular flexibility index (Phi) is 3.83. The summed E-state index contributed by atoms with van der Waals surface area (Å²) >= 11 is 0. The van der Waals surface area contributed by atoms with Crippen molar-refractivity contribution >= 4 is 23.4 Å². The molecular formula is C16H19N3O3. The Labute approximate surface area is 128 Å². The lowest BCUT2D eigenvalue weighted by molar-refractivity contribution is -0.136. The van der Waals surface area contributed by atoms with Crippen LogP contribution in [0.2, 0.25) is 0 Å². The molecule has 0 spiro atoms. The number of likely N-dealkylation sites (tertiary alicyclic amines) is 1. The van der Waals surface area contributed by atoms with Crippen LogP contribution in [0.15, 0.2) is 24.3 Å². The van der Waals surface area contributed by atoms with Crippen molar-refractivity contribution in [3.05, 3.63) is 29.8 Å².